The predicted octanol–water partition coefficient (Wildman–Crippen LogP) is 2.59. The highest BCUT2D eigenvalue weighted by Gasteiger charge is 2.38. The molecule has 0 aliphatic heterocycles. The van der Waals surface area contributed by atoms with Gasteiger partial charge in [0.1, 0.15) is 0 Å². The number of rotatable bonds is 2. The van der Waals surface area contributed by atoms with E-state index in [1.54, 1.807) is 0 Å². The van der Waals surface area contributed by atoms with Crippen molar-refractivity contribution in [3.05, 3.63) is 34.4 Å². The van der Waals surface area contributed by atoms with E-state index in [-0.39, 0.29) is 6.29 Å². The lowest BCUT2D eigenvalue weighted by Gasteiger charge is -2.14. The van der Waals surface area contributed by atoms with Crippen molar-refractivity contribution in [2.75, 3.05) is 0 Å². The van der Waals surface area contributed by atoms with E-state index in [0.29, 0.717) is 0 Å². The van der Waals surface area contributed by atoms with Crippen molar-refractivity contribution in [2.24, 2.45) is 0 Å². The molecule has 0 saturated carbocycles. The van der Waals surface area contributed by atoms with Gasteiger partial charge in [0.15, 0.2) is 12.1 Å². The fourth-order valence-corrected chi connectivity index (χ4v) is 1.44. The lowest BCUT2D eigenvalue weighted by atomic mass is 9.95. The van der Waals surface area contributed by atoms with Gasteiger partial charge in [-0.05, 0) is 19.1 Å². The van der Waals surface area contributed by atoms with E-state index in [4.69, 9.17) is 5.26 Å². The summed E-state index contributed by atoms with van der Waals surface area (Å²) < 4.78 is 38.3. The van der Waals surface area contributed by atoms with Gasteiger partial charge in [-0.1, -0.05) is 0 Å². The molecule has 17 heavy (non-hydrogen) atoms. The number of hydrogen-bond donors (Lipinski definition) is 0. The molecule has 0 N–H and O–H groups in total. The molecule has 0 aromatic heterocycles. The minimum absolute atomic E-state index is 0.0617. The molecule has 0 amide bonds. The molecule has 1 aromatic carbocycles. The molecule has 0 atom stereocenters. The van der Waals surface area contributed by atoms with Gasteiger partial charge in [0, 0.05) is 11.1 Å². The van der Waals surface area contributed by atoms with Gasteiger partial charge in [0.2, 0.25) is 0 Å². The molecular formula is C11H6F3NO2. The number of alkyl halides is 3. The molecule has 0 saturated heterocycles. The van der Waals surface area contributed by atoms with Crippen molar-refractivity contribution < 1.29 is 22.8 Å². The van der Waals surface area contributed by atoms with Crippen LogP contribution in [0, 0.1) is 11.3 Å². The van der Waals surface area contributed by atoms with Crippen molar-refractivity contribution in [3.63, 3.8) is 0 Å². The Morgan fingerprint density at radius 1 is 1.41 bits per heavy atom. The zero-order valence-corrected chi connectivity index (χ0v) is 8.63. The van der Waals surface area contributed by atoms with Crippen LogP contribution >= 0.6 is 0 Å². The first-order chi connectivity index (χ1) is 7.82. The quantitative estimate of drug-likeness (QED) is 0.590. The number of aldehydes is 1. The molecule has 0 bridgehead atoms. The van der Waals surface area contributed by atoms with E-state index in [0.717, 1.165) is 19.1 Å². The number of nitrogens with zero attached hydrogens (tertiary/aromatic N) is 1. The first kappa shape index (κ1) is 12.9. The minimum atomic E-state index is -4.86. The molecule has 88 valence electrons. The molecule has 1 rings (SSSR count). The van der Waals surface area contributed by atoms with Gasteiger partial charge < -0.3 is 0 Å². The standard InChI is InChI=1S/C11H6F3NO2/c1-6(17)8-3-2-7(4-15)9(5-16)10(8)11(12,13)14/h2-3,5H,1H3. The third-order valence-corrected chi connectivity index (χ3v) is 2.15. The second-order valence-electron chi connectivity index (χ2n) is 3.23. The van der Waals surface area contributed by atoms with Crippen LogP contribution in [0.2, 0.25) is 0 Å². The number of ketones is 1. The summed E-state index contributed by atoms with van der Waals surface area (Å²) in [5, 5.41) is 8.61. The van der Waals surface area contributed by atoms with Gasteiger partial charge in [-0.2, -0.15) is 18.4 Å². The smallest absolute Gasteiger partial charge is 0.298 e. The Labute approximate surface area is 94.5 Å². The normalized spacial score (nSPS) is 10.8. The van der Waals surface area contributed by atoms with E-state index in [9.17, 15) is 22.8 Å². The summed E-state index contributed by atoms with van der Waals surface area (Å²) in [6.45, 7) is 0.963. The maximum Gasteiger partial charge on any atom is 0.417 e. The third kappa shape index (κ3) is 2.33. The van der Waals surface area contributed by atoms with Crippen LogP contribution in [-0.2, 0) is 6.18 Å². The minimum Gasteiger partial charge on any atom is -0.298 e. The Morgan fingerprint density at radius 3 is 2.35 bits per heavy atom. The number of Topliss-reactive ketones (excluding diaryl/α,β-unsaturated/α-hetero) is 1. The van der Waals surface area contributed by atoms with E-state index in [2.05, 4.69) is 0 Å². The maximum absolute atomic E-state index is 12.8. The second-order valence-corrected chi connectivity index (χ2v) is 3.23. The zero-order valence-electron chi connectivity index (χ0n) is 8.63. The number of halogens is 3. The number of hydrogen-bond acceptors (Lipinski definition) is 3. The molecule has 0 radical (unpaired) electrons. The SMILES string of the molecule is CC(=O)c1ccc(C#N)c(C=O)c1C(F)(F)F. The predicted molar refractivity (Wildman–Crippen MR) is 51.6 cm³/mol. The van der Waals surface area contributed by atoms with E-state index in [1.807, 2.05) is 0 Å². The van der Waals surface area contributed by atoms with Crippen LogP contribution in [0.4, 0.5) is 13.2 Å². The van der Waals surface area contributed by atoms with Crippen LogP contribution in [0.1, 0.15) is 38.8 Å². The summed E-state index contributed by atoms with van der Waals surface area (Å²) in [6, 6.07) is 3.41. The average molecular weight is 241 g/mol. The summed E-state index contributed by atoms with van der Waals surface area (Å²) >= 11 is 0. The van der Waals surface area contributed by atoms with Crippen LogP contribution in [0.25, 0.3) is 0 Å². The third-order valence-electron chi connectivity index (χ3n) is 2.15. The summed E-state index contributed by atoms with van der Waals surface area (Å²) in [6.07, 6.45) is -4.92. The molecule has 1 aromatic rings. The molecule has 0 fully saturated rings. The number of nitriles is 1. The maximum atomic E-state index is 12.8. The van der Waals surface area contributed by atoms with Crippen LogP contribution in [0.15, 0.2) is 12.1 Å². The van der Waals surface area contributed by atoms with Crippen LogP contribution in [0.5, 0.6) is 0 Å². The Balaban J connectivity index is 3.76. The molecule has 3 nitrogen and oxygen atoms in total. The van der Waals surface area contributed by atoms with Gasteiger partial charge >= 0.3 is 6.18 Å². The van der Waals surface area contributed by atoms with Crippen molar-refractivity contribution in [1.29, 1.82) is 5.26 Å². The topological polar surface area (TPSA) is 57.9 Å². The first-order valence-corrected chi connectivity index (χ1v) is 4.43. The summed E-state index contributed by atoms with van der Waals surface area (Å²) in [5.41, 5.74) is -3.16. The van der Waals surface area contributed by atoms with E-state index in [1.165, 1.54) is 6.07 Å². The van der Waals surface area contributed by atoms with Crippen LogP contribution in [-0.4, -0.2) is 12.1 Å². The Kier molecular flexibility index (Phi) is 3.32. The summed E-state index contributed by atoms with van der Waals surface area (Å²) in [4.78, 5) is 21.7. The fraction of sp³-hybridized carbons (Fsp3) is 0.182. The van der Waals surface area contributed by atoms with E-state index >= 15 is 0 Å². The lowest BCUT2D eigenvalue weighted by Crippen LogP contribution is -2.16. The highest BCUT2D eigenvalue weighted by atomic mass is 19.4. The van der Waals surface area contributed by atoms with Gasteiger partial charge in [-0.25, -0.2) is 0 Å². The zero-order chi connectivity index (χ0) is 13.2. The summed E-state index contributed by atoms with van der Waals surface area (Å²) in [7, 11) is 0. The van der Waals surface area contributed by atoms with Crippen LogP contribution in [0.3, 0.4) is 0 Å². The first-order valence-electron chi connectivity index (χ1n) is 4.43. The molecular weight excluding hydrogens is 235 g/mol. The molecule has 0 unspecified atom stereocenters. The van der Waals surface area contributed by atoms with Gasteiger partial charge in [-0.15, -0.1) is 0 Å². The summed E-state index contributed by atoms with van der Waals surface area (Å²) in [5.74, 6) is -0.815. The largest absolute Gasteiger partial charge is 0.417 e. The Hall–Kier alpha value is -2.16. The highest BCUT2D eigenvalue weighted by molar-refractivity contribution is 5.99. The van der Waals surface area contributed by atoms with Gasteiger partial charge in [0.05, 0.1) is 17.2 Å². The fourth-order valence-electron chi connectivity index (χ4n) is 1.44. The molecule has 0 spiro atoms. The molecule has 0 aliphatic carbocycles. The monoisotopic (exact) mass is 241 g/mol. The Morgan fingerprint density at radius 2 is 2.00 bits per heavy atom. The molecule has 6 heteroatoms. The van der Waals surface area contributed by atoms with Gasteiger partial charge in [0.25, 0.3) is 0 Å². The van der Waals surface area contributed by atoms with Gasteiger partial charge in [-0.3, -0.25) is 9.59 Å². The molecule has 0 aliphatic rings. The van der Waals surface area contributed by atoms with Crippen molar-refractivity contribution in [3.8, 4) is 6.07 Å². The lowest BCUT2D eigenvalue weighted by molar-refractivity contribution is -0.138. The Bertz CT molecular complexity index is 527. The van der Waals surface area contributed by atoms with E-state index < -0.39 is 34.2 Å². The van der Waals surface area contributed by atoms with Crippen molar-refractivity contribution in [2.45, 2.75) is 13.1 Å². The number of carbonyl (C=O) groups is 2. The second kappa shape index (κ2) is 4.37. The van der Waals surface area contributed by atoms with Crippen molar-refractivity contribution in [1.82, 2.24) is 0 Å². The number of carbonyl (C=O) groups excluding carboxylic acids is 2. The van der Waals surface area contributed by atoms with Crippen LogP contribution < -0.4 is 0 Å². The highest BCUT2D eigenvalue weighted by Crippen LogP contribution is 2.35. The van der Waals surface area contributed by atoms with Crippen molar-refractivity contribution >= 4 is 12.1 Å². The molecule has 0 heterocycles. The average Bonchev–Trinajstić information content (AvgIpc) is 2.25. The number of benzene rings is 1.